The van der Waals surface area contributed by atoms with Gasteiger partial charge >= 0.3 is 0 Å². The first-order chi connectivity index (χ1) is 17.4. The molecule has 0 aliphatic carbocycles. The molecule has 36 heavy (non-hydrogen) atoms. The molecule has 0 bridgehead atoms. The number of aromatic nitrogens is 4. The summed E-state index contributed by atoms with van der Waals surface area (Å²) >= 11 is 0. The number of hydrogen-bond acceptors (Lipinski definition) is 5. The van der Waals surface area contributed by atoms with Gasteiger partial charge < -0.3 is 0 Å². The van der Waals surface area contributed by atoms with E-state index in [2.05, 4.69) is 21.0 Å². The Morgan fingerprint density at radius 2 is 1.56 bits per heavy atom. The van der Waals surface area contributed by atoms with Crippen molar-refractivity contribution in [2.24, 2.45) is 0 Å². The average molecular weight is 491 g/mol. The highest BCUT2D eigenvalue weighted by Gasteiger charge is 2.23. The minimum Gasteiger partial charge on any atom is -0.264 e. The van der Waals surface area contributed by atoms with Crippen LogP contribution in [-0.4, -0.2) is 27.3 Å². The molecule has 0 aliphatic heterocycles. The third kappa shape index (κ3) is 3.56. The smallest absolute Gasteiger partial charge is 0.264 e. The van der Waals surface area contributed by atoms with Gasteiger partial charge in [-0.25, -0.2) is 17.4 Å². The zero-order valence-corrected chi connectivity index (χ0v) is 20.6. The molecule has 4 aromatic heterocycles. The Morgan fingerprint density at radius 1 is 0.750 bits per heavy atom. The highest BCUT2D eigenvalue weighted by Crippen LogP contribution is 2.37. The summed E-state index contributed by atoms with van der Waals surface area (Å²) in [4.78, 5) is 13.6. The first-order valence-electron chi connectivity index (χ1n) is 11.5. The molecule has 0 spiro atoms. The Morgan fingerprint density at radius 3 is 2.33 bits per heavy atom. The van der Waals surface area contributed by atoms with Crippen molar-refractivity contribution in [3.8, 4) is 22.3 Å². The number of fused-ring (bicyclic) bond motifs is 2. The van der Waals surface area contributed by atoms with E-state index in [0.29, 0.717) is 5.65 Å². The molecule has 176 valence electrons. The third-order valence-electron chi connectivity index (χ3n) is 6.43. The quantitative estimate of drug-likeness (QED) is 0.295. The van der Waals surface area contributed by atoms with Gasteiger partial charge in [-0.2, -0.15) is 0 Å². The molecule has 0 atom stereocenters. The summed E-state index contributed by atoms with van der Waals surface area (Å²) in [5, 5.41) is 1.74. The second kappa shape index (κ2) is 8.39. The summed E-state index contributed by atoms with van der Waals surface area (Å²) in [6, 6.07) is 20.6. The monoisotopic (exact) mass is 490 g/mol. The molecule has 0 N–H and O–H groups in total. The second-order valence-electron chi connectivity index (χ2n) is 8.82. The Hall–Kier alpha value is -4.36. The van der Waals surface area contributed by atoms with Crippen LogP contribution in [0.2, 0.25) is 0 Å². The fourth-order valence-corrected chi connectivity index (χ4v) is 5.95. The molecule has 2 aromatic carbocycles. The van der Waals surface area contributed by atoms with Gasteiger partial charge in [-0.15, -0.1) is 0 Å². The Kier molecular flexibility index (Phi) is 5.16. The fraction of sp³-hybridized carbons (Fsp3) is 0.0690. The van der Waals surface area contributed by atoms with Crippen molar-refractivity contribution in [1.82, 2.24) is 18.9 Å². The number of benzene rings is 2. The number of nitrogens with zero attached hydrogens (tertiary/aromatic N) is 4. The van der Waals surface area contributed by atoms with E-state index >= 15 is 0 Å². The van der Waals surface area contributed by atoms with Crippen LogP contribution in [0.1, 0.15) is 11.1 Å². The van der Waals surface area contributed by atoms with E-state index in [0.717, 1.165) is 49.7 Å². The molecule has 0 saturated heterocycles. The second-order valence-corrected chi connectivity index (χ2v) is 10.6. The van der Waals surface area contributed by atoms with Gasteiger partial charge in [0.1, 0.15) is 0 Å². The molecule has 6 rings (SSSR count). The molecular formula is C29H22N4O2S. The summed E-state index contributed by atoms with van der Waals surface area (Å²) in [5.74, 6) is 0. The largest absolute Gasteiger partial charge is 0.269 e. The van der Waals surface area contributed by atoms with Crippen molar-refractivity contribution in [1.29, 1.82) is 0 Å². The van der Waals surface area contributed by atoms with Gasteiger partial charge in [-0.3, -0.25) is 9.97 Å². The van der Waals surface area contributed by atoms with Crippen LogP contribution < -0.4 is 0 Å². The van der Waals surface area contributed by atoms with E-state index < -0.39 is 10.0 Å². The lowest BCUT2D eigenvalue weighted by Gasteiger charge is -2.11. The summed E-state index contributed by atoms with van der Waals surface area (Å²) in [6.07, 6.45) is 8.68. The van der Waals surface area contributed by atoms with Crippen LogP contribution in [0.3, 0.4) is 0 Å². The molecule has 0 aliphatic rings. The van der Waals surface area contributed by atoms with Crippen molar-refractivity contribution in [2.45, 2.75) is 18.7 Å². The lowest BCUT2D eigenvalue weighted by atomic mass is 9.95. The lowest BCUT2D eigenvalue weighted by molar-refractivity contribution is 0.589. The number of hydrogen-bond donors (Lipinski definition) is 0. The van der Waals surface area contributed by atoms with Crippen molar-refractivity contribution >= 4 is 32.0 Å². The molecule has 0 amide bonds. The number of rotatable bonds is 4. The van der Waals surface area contributed by atoms with Crippen LogP contribution in [0.15, 0.2) is 103 Å². The van der Waals surface area contributed by atoms with Crippen LogP contribution in [-0.2, 0) is 10.0 Å². The maximum atomic E-state index is 13.6. The topological polar surface area (TPSA) is 77.7 Å². The molecular weight excluding hydrogens is 468 g/mol. The first kappa shape index (κ1) is 22.1. The molecule has 6 nitrogen and oxygen atoms in total. The van der Waals surface area contributed by atoms with Crippen LogP contribution in [0.5, 0.6) is 0 Å². The molecule has 6 aromatic rings. The summed E-state index contributed by atoms with van der Waals surface area (Å²) in [5.41, 5.74) is 6.99. The zero-order valence-electron chi connectivity index (χ0n) is 19.8. The van der Waals surface area contributed by atoms with E-state index in [9.17, 15) is 8.42 Å². The summed E-state index contributed by atoms with van der Waals surface area (Å²) < 4.78 is 28.5. The van der Waals surface area contributed by atoms with E-state index in [4.69, 9.17) is 0 Å². The van der Waals surface area contributed by atoms with Crippen LogP contribution in [0.4, 0.5) is 0 Å². The summed E-state index contributed by atoms with van der Waals surface area (Å²) in [7, 11) is -3.84. The van der Waals surface area contributed by atoms with Gasteiger partial charge in [0.2, 0.25) is 0 Å². The van der Waals surface area contributed by atoms with Crippen LogP contribution in [0, 0.1) is 13.8 Å². The standard InChI is InChI=1S/C29H22N4O2S/c1-19-7-9-23(10-8-19)36(34,35)33-18-27(25-6-4-13-32-29(25)33)22-15-20(2)28-26(16-22)24(11-14-31-28)21-5-3-12-30-17-21/h3-18H,1-2H3. The van der Waals surface area contributed by atoms with Crippen LogP contribution in [0.25, 0.3) is 44.2 Å². The maximum Gasteiger partial charge on any atom is 0.269 e. The Balaban J connectivity index is 1.61. The van der Waals surface area contributed by atoms with Gasteiger partial charge in [0.05, 0.1) is 10.4 Å². The third-order valence-corrected chi connectivity index (χ3v) is 8.09. The predicted molar refractivity (Wildman–Crippen MR) is 142 cm³/mol. The normalized spacial score (nSPS) is 11.8. The Labute approximate surface area is 209 Å². The zero-order chi connectivity index (χ0) is 24.9. The number of pyridine rings is 3. The van der Waals surface area contributed by atoms with Crippen molar-refractivity contribution < 1.29 is 8.42 Å². The first-order valence-corrected chi connectivity index (χ1v) is 13.0. The molecule has 0 saturated carbocycles. The minimum atomic E-state index is -3.84. The van der Waals surface area contributed by atoms with Gasteiger partial charge in [0.25, 0.3) is 10.0 Å². The highest BCUT2D eigenvalue weighted by molar-refractivity contribution is 7.90. The lowest BCUT2D eigenvalue weighted by Crippen LogP contribution is -2.12. The van der Waals surface area contributed by atoms with Crippen molar-refractivity contribution in [3.05, 3.63) is 109 Å². The molecule has 0 fully saturated rings. The van der Waals surface area contributed by atoms with E-state index in [1.54, 1.807) is 49.1 Å². The fourth-order valence-electron chi connectivity index (χ4n) is 4.63. The number of aryl methyl sites for hydroxylation is 2. The van der Waals surface area contributed by atoms with Gasteiger partial charge in [0, 0.05) is 52.9 Å². The SMILES string of the molecule is Cc1ccc(S(=O)(=O)n2cc(-c3cc(C)c4nccc(-c5cccnc5)c4c3)c3cccnc32)cc1. The maximum absolute atomic E-state index is 13.6. The molecule has 7 heteroatoms. The molecule has 0 radical (unpaired) electrons. The Bertz CT molecular complexity index is 1860. The van der Waals surface area contributed by atoms with Gasteiger partial charge in [-0.1, -0.05) is 23.8 Å². The predicted octanol–water partition coefficient (Wildman–Crippen LogP) is 6.17. The van der Waals surface area contributed by atoms with Crippen molar-refractivity contribution in [2.75, 3.05) is 0 Å². The van der Waals surface area contributed by atoms with E-state index in [1.807, 2.05) is 56.4 Å². The van der Waals surface area contributed by atoms with E-state index in [-0.39, 0.29) is 4.90 Å². The molecule has 4 heterocycles. The van der Waals surface area contributed by atoms with Gasteiger partial charge in [0.15, 0.2) is 5.65 Å². The van der Waals surface area contributed by atoms with Crippen LogP contribution >= 0.6 is 0 Å². The minimum absolute atomic E-state index is 0.222. The highest BCUT2D eigenvalue weighted by atomic mass is 32.2. The van der Waals surface area contributed by atoms with E-state index in [1.165, 1.54) is 3.97 Å². The van der Waals surface area contributed by atoms with Crippen molar-refractivity contribution in [3.63, 3.8) is 0 Å². The summed E-state index contributed by atoms with van der Waals surface area (Å²) in [6.45, 7) is 3.95. The molecule has 0 unspecified atom stereocenters. The average Bonchev–Trinajstić information content (AvgIpc) is 3.30. The van der Waals surface area contributed by atoms with Gasteiger partial charge in [-0.05, 0) is 79.1 Å².